The van der Waals surface area contributed by atoms with Crippen LogP contribution in [0.4, 0.5) is 6.01 Å². The Bertz CT molecular complexity index is 417. The minimum Gasteiger partial charge on any atom is -0.423 e. The number of anilines is 1. The third-order valence-electron chi connectivity index (χ3n) is 2.17. The standard InChI is InChI=1S/C11H15N3O/c1-8(12)7-14(2)11-13-9-5-3-4-6-10(9)15-11/h3-6,8H,7,12H2,1-2H3. The zero-order valence-electron chi connectivity index (χ0n) is 8.97. The van der Waals surface area contributed by atoms with Gasteiger partial charge >= 0.3 is 0 Å². The fraction of sp³-hybridized carbons (Fsp3) is 0.364. The Labute approximate surface area is 88.7 Å². The maximum atomic E-state index is 5.71. The lowest BCUT2D eigenvalue weighted by Gasteiger charge is -2.16. The van der Waals surface area contributed by atoms with Gasteiger partial charge in [-0.1, -0.05) is 12.1 Å². The van der Waals surface area contributed by atoms with Crippen molar-refractivity contribution in [3.8, 4) is 0 Å². The Morgan fingerprint density at radius 2 is 2.20 bits per heavy atom. The van der Waals surface area contributed by atoms with E-state index >= 15 is 0 Å². The molecule has 80 valence electrons. The molecule has 0 aliphatic rings. The van der Waals surface area contributed by atoms with Crippen LogP contribution in [0.25, 0.3) is 11.1 Å². The Morgan fingerprint density at radius 1 is 1.47 bits per heavy atom. The molecule has 0 aliphatic carbocycles. The van der Waals surface area contributed by atoms with E-state index in [4.69, 9.17) is 10.2 Å². The van der Waals surface area contributed by atoms with Crippen LogP contribution in [0.3, 0.4) is 0 Å². The van der Waals surface area contributed by atoms with Crippen molar-refractivity contribution in [2.45, 2.75) is 13.0 Å². The van der Waals surface area contributed by atoms with Gasteiger partial charge in [0.25, 0.3) is 6.01 Å². The van der Waals surface area contributed by atoms with Crippen LogP contribution in [-0.4, -0.2) is 24.6 Å². The van der Waals surface area contributed by atoms with Crippen LogP contribution in [-0.2, 0) is 0 Å². The smallest absolute Gasteiger partial charge is 0.298 e. The topological polar surface area (TPSA) is 55.3 Å². The van der Waals surface area contributed by atoms with E-state index in [0.717, 1.165) is 17.6 Å². The number of oxazole rings is 1. The predicted molar refractivity (Wildman–Crippen MR) is 60.9 cm³/mol. The molecule has 1 aromatic carbocycles. The van der Waals surface area contributed by atoms with E-state index in [0.29, 0.717) is 6.01 Å². The molecule has 0 saturated carbocycles. The molecule has 0 radical (unpaired) electrons. The van der Waals surface area contributed by atoms with Crippen molar-refractivity contribution in [2.75, 3.05) is 18.5 Å². The Balaban J connectivity index is 2.28. The molecule has 1 heterocycles. The molecule has 2 rings (SSSR count). The highest BCUT2D eigenvalue weighted by atomic mass is 16.4. The van der Waals surface area contributed by atoms with Crippen molar-refractivity contribution in [1.29, 1.82) is 0 Å². The van der Waals surface area contributed by atoms with Crippen LogP contribution in [0.2, 0.25) is 0 Å². The van der Waals surface area contributed by atoms with Gasteiger partial charge in [-0.2, -0.15) is 4.98 Å². The van der Waals surface area contributed by atoms with E-state index in [2.05, 4.69) is 4.98 Å². The molecule has 4 heteroatoms. The third-order valence-corrected chi connectivity index (χ3v) is 2.17. The van der Waals surface area contributed by atoms with Crippen molar-refractivity contribution in [3.63, 3.8) is 0 Å². The normalized spacial score (nSPS) is 13.0. The fourth-order valence-electron chi connectivity index (χ4n) is 1.53. The summed E-state index contributed by atoms with van der Waals surface area (Å²) in [6.07, 6.45) is 0. The summed E-state index contributed by atoms with van der Waals surface area (Å²) in [7, 11) is 1.92. The van der Waals surface area contributed by atoms with E-state index < -0.39 is 0 Å². The van der Waals surface area contributed by atoms with Crippen LogP contribution in [0, 0.1) is 0 Å². The minimum absolute atomic E-state index is 0.102. The first-order chi connectivity index (χ1) is 7.16. The maximum absolute atomic E-state index is 5.71. The second-order valence-corrected chi connectivity index (χ2v) is 3.82. The first kappa shape index (κ1) is 9.98. The number of hydrogen-bond donors (Lipinski definition) is 1. The predicted octanol–water partition coefficient (Wildman–Crippen LogP) is 1.61. The van der Waals surface area contributed by atoms with Crippen molar-refractivity contribution < 1.29 is 4.42 Å². The number of hydrogen-bond acceptors (Lipinski definition) is 4. The summed E-state index contributed by atoms with van der Waals surface area (Å²) in [5, 5.41) is 0. The molecule has 0 bridgehead atoms. The summed E-state index contributed by atoms with van der Waals surface area (Å²) in [4.78, 5) is 6.29. The van der Waals surface area contributed by atoms with Gasteiger partial charge in [-0.25, -0.2) is 0 Å². The summed E-state index contributed by atoms with van der Waals surface area (Å²) in [5.74, 6) is 0. The molecule has 0 amide bonds. The third kappa shape index (κ3) is 2.10. The summed E-state index contributed by atoms with van der Waals surface area (Å²) < 4.78 is 5.59. The van der Waals surface area contributed by atoms with Gasteiger partial charge < -0.3 is 15.1 Å². The zero-order chi connectivity index (χ0) is 10.8. The van der Waals surface area contributed by atoms with E-state index in [1.54, 1.807) is 0 Å². The number of benzene rings is 1. The zero-order valence-corrected chi connectivity index (χ0v) is 8.97. The van der Waals surface area contributed by atoms with Crippen molar-refractivity contribution in [1.82, 2.24) is 4.98 Å². The van der Waals surface area contributed by atoms with Crippen molar-refractivity contribution >= 4 is 17.1 Å². The molecular formula is C11H15N3O. The van der Waals surface area contributed by atoms with Crippen molar-refractivity contribution in [3.05, 3.63) is 24.3 Å². The van der Waals surface area contributed by atoms with Gasteiger partial charge in [0.15, 0.2) is 5.58 Å². The molecule has 2 N–H and O–H groups in total. The second kappa shape index (κ2) is 3.90. The van der Waals surface area contributed by atoms with Gasteiger partial charge in [-0.15, -0.1) is 0 Å². The highest BCUT2D eigenvalue weighted by Gasteiger charge is 2.10. The van der Waals surface area contributed by atoms with E-state index in [-0.39, 0.29) is 6.04 Å². The van der Waals surface area contributed by atoms with Crippen LogP contribution in [0.5, 0.6) is 0 Å². The van der Waals surface area contributed by atoms with Crippen LogP contribution in [0.15, 0.2) is 28.7 Å². The second-order valence-electron chi connectivity index (χ2n) is 3.82. The van der Waals surface area contributed by atoms with Crippen molar-refractivity contribution in [2.24, 2.45) is 5.73 Å². The first-order valence-corrected chi connectivity index (χ1v) is 4.99. The molecule has 0 spiro atoms. The number of nitrogens with zero attached hydrogens (tertiary/aromatic N) is 2. The van der Waals surface area contributed by atoms with Gasteiger partial charge in [-0.05, 0) is 19.1 Å². The molecule has 2 aromatic rings. The van der Waals surface area contributed by atoms with E-state index in [9.17, 15) is 0 Å². The highest BCUT2D eigenvalue weighted by molar-refractivity contribution is 5.74. The molecule has 15 heavy (non-hydrogen) atoms. The molecule has 1 atom stereocenters. The van der Waals surface area contributed by atoms with Gasteiger partial charge in [-0.3, -0.25) is 0 Å². The first-order valence-electron chi connectivity index (χ1n) is 4.99. The average molecular weight is 205 g/mol. The number of rotatable bonds is 3. The Hall–Kier alpha value is -1.55. The molecule has 4 nitrogen and oxygen atoms in total. The Morgan fingerprint density at radius 3 is 2.87 bits per heavy atom. The summed E-state index contributed by atoms with van der Waals surface area (Å²) >= 11 is 0. The van der Waals surface area contributed by atoms with Crippen LogP contribution >= 0.6 is 0 Å². The van der Waals surface area contributed by atoms with Gasteiger partial charge in [0.05, 0.1) is 0 Å². The molecule has 1 aromatic heterocycles. The average Bonchev–Trinajstić information content (AvgIpc) is 2.59. The number of aromatic nitrogens is 1. The highest BCUT2D eigenvalue weighted by Crippen LogP contribution is 2.20. The quantitative estimate of drug-likeness (QED) is 0.827. The lowest BCUT2D eigenvalue weighted by molar-refractivity contribution is 0.569. The largest absolute Gasteiger partial charge is 0.423 e. The molecule has 0 saturated heterocycles. The maximum Gasteiger partial charge on any atom is 0.298 e. The van der Waals surface area contributed by atoms with Crippen LogP contribution < -0.4 is 10.6 Å². The summed E-state index contributed by atoms with van der Waals surface area (Å²) in [6.45, 7) is 2.69. The number of para-hydroxylation sites is 2. The van der Waals surface area contributed by atoms with E-state index in [1.807, 2.05) is 43.1 Å². The lowest BCUT2D eigenvalue weighted by atomic mass is 10.3. The number of nitrogens with two attached hydrogens (primary N) is 1. The summed E-state index contributed by atoms with van der Waals surface area (Å²) in [6, 6.07) is 8.44. The lowest BCUT2D eigenvalue weighted by Crippen LogP contribution is -2.32. The van der Waals surface area contributed by atoms with Crippen LogP contribution in [0.1, 0.15) is 6.92 Å². The molecule has 0 aliphatic heterocycles. The fourth-order valence-corrected chi connectivity index (χ4v) is 1.53. The molecular weight excluding hydrogens is 190 g/mol. The number of fused-ring (bicyclic) bond motifs is 1. The molecule has 0 fully saturated rings. The van der Waals surface area contributed by atoms with Gasteiger partial charge in [0.1, 0.15) is 5.52 Å². The number of likely N-dealkylation sites (N-methyl/N-ethyl adjacent to an activating group) is 1. The van der Waals surface area contributed by atoms with Gasteiger partial charge in [0, 0.05) is 19.6 Å². The van der Waals surface area contributed by atoms with E-state index in [1.165, 1.54) is 0 Å². The van der Waals surface area contributed by atoms with Gasteiger partial charge in [0.2, 0.25) is 0 Å². The molecule has 1 unspecified atom stereocenters. The minimum atomic E-state index is 0.102. The SMILES string of the molecule is CC(N)CN(C)c1nc2ccccc2o1. The summed E-state index contributed by atoms with van der Waals surface area (Å²) in [5.41, 5.74) is 7.40. The monoisotopic (exact) mass is 205 g/mol. The Kier molecular flexibility index (Phi) is 2.60.